The van der Waals surface area contributed by atoms with Crippen LogP contribution in [0.3, 0.4) is 0 Å². The lowest BCUT2D eigenvalue weighted by molar-refractivity contribution is 0.0985. The van der Waals surface area contributed by atoms with Crippen LogP contribution in [0.1, 0.15) is 27.0 Å². The third kappa shape index (κ3) is 4.52. The van der Waals surface area contributed by atoms with Gasteiger partial charge in [-0.2, -0.15) is 0 Å². The largest absolute Gasteiger partial charge is 0.279 e. The normalized spacial score (nSPS) is 11.6. The van der Waals surface area contributed by atoms with Gasteiger partial charge in [-0.3, -0.25) is 9.69 Å². The van der Waals surface area contributed by atoms with Crippen molar-refractivity contribution in [3.8, 4) is 0 Å². The standard InChI is InChI=1S/C24H22N2O3S2/c1-16-13-21-22(14-17(16)2)30-24(25-21)26(15-18-7-5-4-6-8-18)23(27)19-9-11-20(12-10-19)31(3,28)29/h4-14H,15H2,1-3H3. The summed E-state index contributed by atoms with van der Waals surface area (Å²) in [7, 11) is -3.33. The van der Waals surface area contributed by atoms with Crippen LogP contribution in [0.2, 0.25) is 0 Å². The number of thiazole rings is 1. The molecule has 0 fully saturated rings. The van der Waals surface area contributed by atoms with Crippen molar-refractivity contribution in [1.29, 1.82) is 0 Å². The first-order chi connectivity index (χ1) is 14.7. The summed E-state index contributed by atoms with van der Waals surface area (Å²) in [5.41, 5.74) is 4.59. The zero-order valence-electron chi connectivity index (χ0n) is 17.5. The molecule has 158 valence electrons. The van der Waals surface area contributed by atoms with E-state index in [-0.39, 0.29) is 10.8 Å². The van der Waals surface area contributed by atoms with E-state index in [2.05, 4.69) is 13.0 Å². The van der Waals surface area contributed by atoms with Gasteiger partial charge in [-0.1, -0.05) is 41.7 Å². The molecule has 0 radical (unpaired) electrons. The summed E-state index contributed by atoms with van der Waals surface area (Å²) in [5.74, 6) is -0.226. The number of aryl methyl sites for hydroxylation is 2. The molecule has 5 nitrogen and oxygen atoms in total. The van der Waals surface area contributed by atoms with Crippen molar-refractivity contribution in [1.82, 2.24) is 4.98 Å². The van der Waals surface area contributed by atoms with Crippen molar-refractivity contribution in [3.05, 3.63) is 89.0 Å². The monoisotopic (exact) mass is 450 g/mol. The molecule has 4 rings (SSSR count). The topological polar surface area (TPSA) is 67.3 Å². The molecule has 0 atom stereocenters. The van der Waals surface area contributed by atoms with E-state index in [0.717, 1.165) is 27.6 Å². The minimum absolute atomic E-state index is 0.185. The quantitative estimate of drug-likeness (QED) is 0.421. The maximum Gasteiger partial charge on any atom is 0.260 e. The molecule has 1 heterocycles. The third-order valence-corrected chi connectivity index (χ3v) is 7.35. The van der Waals surface area contributed by atoms with E-state index in [1.807, 2.05) is 43.3 Å². The number of anilines is 1. The molecule has 0 unspecified atom stereocenters. The zero-order chi connectivity index (χ0) is 22.2. The molecule has 0 aliphatic heterocycles. The highest BCUT2D eigenvalue weighted by Crippen LogP contribution is 2.32. The Morgan fingerprint density at radius 1 is 0.968 bits per heavy atom. The van der Waals surface area contributed by atoms with Gasteiger partial charge < -0.3 is 0 Å². The number of carbonyl (C=O) groups is 1. The number of sulfone groups is 1. The number of aromatic nitrogens is 1. The van der Waals surface area contributed by atoms with Gasteiger partial charge >= 0.3 is 0 Å². The average Bonchev–Trinajstić information content (AvgIpc) is 3.14. The number of benzene rings is 3. The Bertz CT molecular complexity index is 1320. The van der Waals surface area contributed by atoms with E-state index in [0.29, 0.717) is 17.2 Å². The number of carbonyl (C=O) groups excluding carboxylic acids is 1. The van der Waals surface area contributed by atoms with Crippen LogP contribution in [0, 0.1) is 13.8 Å². The van der Waals surface area contributed by atoms with E-state index in [4.69, 9.17) is 4.98 Å². The minimum atomic E-state index is -3.33. The van der Waals surface area contributed by atoms with Gasteiger partial charge in [0.25, 0.3) is 5.91 Å². The van der Waals surface area contributed by atoms with Crippen LogP contribution in [0.25, 0.3) is 10.2 Å². The van der Waals surface area contributed by atoms with Crippen molar-refractivity contribution in [2.75, 3.05) is 11.2 Å². The fraction of sp³-hybridized carbons (Fsp3) is 0.167. The predicted octanol–water partition coefficient (Wildman–Crippen LogP) is 5.16. The lowest BCUT2D eigenvalue weighted by Gasteiger charge is -2.20. The lowest BCUT2D eigenvalue weighted by Crippen LogP contribution is -2.30. The van der Waals surface area contributed by atoms with Crippen LogP contribution < -0.4 is 4.90 Å². The Hall–Kier alpha value is -3.03. The van der Waals surface area contributed by atoms with Crippen molar-refractivity contribution in [2.24, 2.45) is 0 Å². The Balaban J connectivity index is 1.76. The molecule has 1 aromatic heterocycles. The van der Waals surface area contributed by atoms with Crippen LogP contribution in [0.15, 0.2) is 71.6 Å². The highest BCUT2D eigenvalue weighted by molar-refractivity contribution is 7.90. The average molecular weight is 451 g/mol. The van der Waals surface area contributed by atoms with E-state index in [1.165, 1.54) is 29.0 Å². The first kappa shape index (κ1) is 21.2. The lowest BCUT2D eigenvalue weighted by atomic mass is 10.1. The maximum atomic E-state index is 13.5. The van der Waals surface area contributed by atoms with Crippen LogP contribution >= 0.6 is 11.3 Å². The summed E-state index contributed by atoms with van der Waals surface area (Å²) in [6.07, 6.45) is 1.15. The van der Waals surface area contributed by atoms with E-state index in [9.17, 15) is 13.2 Å². The summed E-state index contributed by atoms with van der Waals surface area (Å²) < 4.78 is 24.5. The van der Waals surface area contributed by atoms with Gasteiger partial charge in [-0.15, -0.1) is 0 Å². The molecule has 4 aromatic rings. The predicted molar refractivity (Wildman–Crippen MR) is 126 cm³/mol. The van der Waals surface area contributed by atoms with E-state index < -0.39 is 9.84 Å². The second-order valence-corrected chi connectivity index (χ2v) is 10.6. The number of amides is 1. The molecule has 0 N–H and O–H groups in total. The molecular formula is C24H22N2O3S2. The van der Waals surface area contributed by atoms with E-state index >= 15 is 0 Å². The molecule has 7 heteroatoms. The minimum Gasteiger partial charge on any atom is -0.279 e. The smallest absolute Gasteiger partial charge is 0.260 e. The van der Waals surface area contributed by atoms with Crippen LogP contribution in [0.5, 0.6) is 0 Å². The summed E-state index contributed by atoms with van der Waals surface area (Å²) in [5, 5.41) is 0.612. The Morgan fingerprint density at radius 2 is 1.61 bits per heavy atom. The number of nitrogens with zero attached hydrogens (tertiary/aromatic N) is 2. The van der Waals surface area contributed by atoms with Gasteiger partial charge in [0.15, 0.2) is 15.0 Å². The molecule has 1 amide bonds. The van der Waals surface area contributed by atoms with Gasteiger partial charge in [0.05, 0.1) is 21.7 Å². The third-order valence-electron chi connectivity index (χ3n) is 5.18. The SMILES string of the molecule is Cc1cc2nc(N(Cc3ccccc3)C(=O)c3ccc(S(C)(=O)=O)cc3)sc2cc1C. The summed E-state index contributed by atoms with van der Waals surface area (Å²) in [6.45, 7) is 4.47. The Morgan fingerprint density at radius 3 is 2.26 bits per heavy atom. The number of fused-ring (bicyclic) bond motifs is 1. The van der Waals surface area contributed by atoms with Crippen molar-refractivity contribution in [3.63, 3.8) is 0 Å². The first-order valence-electron chi connectivity index (χ1n) is 9.76. The molecule has 31 heavy (non-hydrogen) atoms. The Kier molecular flexibility index (Phi) is 5.64. The van der Waals surface area contributed by atoms with Crippen molar-refractivity contribution < 1.29 is 13.2 Å². The molecule has 0 saturated heterocycles. The summed E-state index contributed by atoms with van der Waals surface area (Å²) in [4.78, 5) is 20.0. The van der Waals surface area contributed by atoms with Gasteiger partial charge in [0.2, 0.25) is 0 Å². The Labute approximate surface area is 185 Å². The van der Waals surface area contributed by atoms with Crippen LogP contribution in [0.4, 0.5) is 5.13 Å². The van der Waals surface area contributed by atoms with Gasteiger partial charge in [0.1, 0.15) is 0 Å². The summed E-state index contributed by atoms with van der Waals surface area (Å²) >= 11 is 1.48. The number of rotatable bonds is 5. The van der Waals surface area contributed by atoms with Gasteiger partial charge in [0, 0.05) is 11.8 Å². The summed E-state index contributed by atoms with van der Waals surface area (Å²) in [6, 6.07) is 19.9. The van der Waals surface area contributed by atoms with Gasteiger partial charge in [-0.05, 0) is 66.9 Å². The van der Waals surface area contributed by atoms with Crippen molar-refractivity contribution >= 4 is 42.4 Å². The fourth-order valence-corrected chi connectivity index (χ4v) is 4.95. The highest BCUT2D eigenvalue weighted by atomic mass is 32.2. The highest BCUT2D eigenvalue weighted by Gasteiger charge is 2.22. The zero-order valence-corrected chi connectivity index (χ0v) is 19.1. The molecule has 0 spiro atoms. The molecule has 0 aliphatic carbocycles. The van der Waals surface area contributed by atoms with Gasteiger partial charge in [-0.25, -0.2) is 13.4 Å². The van der Waals surface area contributed by atoms with Crippen molar-refractivity contribution in [2.45, 2.75) is 25.3 Å². The second kappa shape index (κ2) is 8.24. The number of hydrogen-bond acceptors (Lipinski definition) is 5. The molecule has 0 saturated carbocycles. The second-order valence-electron chi connectivity index (χ2n) is 7.57. The maximum absolute atomic E-state index is 13.5. The van der Waals surface area contributed by atoms with Crippen LogP contribution in [-0.4, -0.2) is 25.6 Å². The molecule has 0 aliphatic rings. The van der Waals surface area contributed by atoms with E-state index in [1.54, 1.807) is 17.0 Å². The molecule has 3 aromatic carbocycles. The first-order valence-corrected chi connectivity index (χ1v) is 12.5. The van der Waals surface area contributed by atoms with Crippen LogP contribution in [-0.2, 0) is 16.4 Å². The fourth-order valence-electron chi connectivity index (χ4n) is 3.28. The molecular weight excluding hydrogens is 428 g/mol. The molecule has 0 bridgehead atoms. The number of hydrogen-bond donors (Lipinski definition) is 0.